The van der Waals surface area contributed by atoms with Gasteiger partial charge in [0.25, 0.3) is 0 Å². The number of halogens is 2. The van der Waals surface area contributed by atoms with E-state index in [2.05, 4.69) is 11.4 Å². The number of hydrogen-bond acceptors (Lipinski definition) is 2. The minimum absolute atomic E-state index is 0.194. The van der Waals surface area contributed by atoms with Gasteiger partial charge in [0.05, 0.1) is 5.02 Å². The number of benzene rings is 2. The van der Waals surface area contributed by atoms with Gasteiger partial charge in [0.2, 0.25) is 0 Å². The third-order valence-electron chi connectivity index (χ3n) is 3.47. The molecule has 1 heterocycles. The van der Waals surface area contributed by atoms with Crippen LogP contribution >= 0.6 is 23.4 Å². The van der Waals surface area contributed by atoms with Gasteiger partial charge in [0.15, 0.2) is 0 Å². The van der Waals surface area contributed by atoms with E-state index >= 15 is 0 Å². The molecule has 1 aliphatic heterocycles. The lowest BCUT2D eigenvalue weighted by Gasteiger charge is -2.21. The van der Waals surface area contributed by atoms with Gasteiger partial charge < -0.3 is 5.32 Å². The molecular formula is C17H15ClFNS. The Kier molecular flexibility index (Phi) is 4.51. The van der Waals surface area contributed by atoms with Crippen LogP contribution in [0.4, 0.5) is 4.39 Å². The Balaban J connectivity index is 1.96. The molecule has 0 radical (unpaired) electrons. The van der Waals surface area contributed by atoms with Crippen molar-refractivity contribution in [3.63, 3.8) is 0 Å². The van der Waals surface area contributed by atoms with Crippen molar-refractivity contribution in [1.29, 1.82) is 0 Å². The molecule has 108 valence electrons. The summed E-state index contributed by atoms with van der Waals surface area (Å²) in [4.78, 5) is 2.05. The van der Waals surface area contributed by atoms with Crippen LogP contribution in [0.5, 0.6) is 0 Å². The summed E-state index contributed by atoms with van der Waals surface area (Å²) in [5.74, 6) is 0.0485. The summed E-state index contributed by atoms with van der Waals surface area (Å²) in [6, 6.07) is 12.7. The van der Waals surface area contributed by atoms with E-state index in [0.717, 1.165) is 33.3 Å². The lowest BCUT2D eigenvalue weighted by molar-refractivity contribution is 0.609. The molecule has 1 atom stereocenters. The summed E-state index contributed by atoms with van der Waals surface area (Å²) in [6.07, 6.45) is 5.01. The maximum atomic E-state index is 13.6. The van der Waals surface area contributed by atoms with E-state index in [-0.39, 0.29) is 11.7 Å². The molecule has 2 aromatic rings. The average molecular weight is 320 g/mol. The second-order valence-electron chi connectivity index (χ2n) is 4.92. The zero-order valence-electron chi connectivity index (χ0n) is 11.4. The van der Waals surface area contributed by atoms with Gasteiger partial charge >= 0.3 is 0 Å². The van der Waals surface area contributed by atoms with Gasteiger partial charge in [0.1, 0.15) is 5.82 Å². The van der Waals surface area contributed by atoms with E-state index in [4.69, 9.17) is 11.6 Å². The van der Waals surface area contributed by atoms with Crippen molar-refractivity contribution in [2.24, 2.45) is 0 Å². The quantitative estimate of drug-likeness (QED) is 0.832. The highest BCUT2D eigenvalue weighted by Crippen LogP contribution is 2.39. The van der Waals surface area contributed by atoms with E-state index in [1.807, 2.05) is 36.5 Å². The standard InChI is InChI=1S/C17H15ClFNS/c18-15-3-1-2-4-17(15)21-16-6-5-13(19)11-14(16)12-7-9-20-10-8-12/h1-7,9,11-12,20H,8,10H2. The molecule has 0 aliphatic carbocycles. The van der Waals surface area contributed by atoms with Gasteiger partial charge in [0, 0.05) is 22.3 Å². The molecule has 1 N–H and O–H groups in total. The lowest BCUT2D eigenvalue weighted by Crippen LogP contribution is -2.16. The van der Waals surface area contributed by atoms with Gasteiger partial charge in [-0.2, -0.15) is 0 Å². The average Bonchev–Trinajstić information content (AvgIpc) is 2.52. The zero-order chi connectivity index (χ0) is 14.7. The van der Waals surface area contributed by atoms with Crippen LogP contribution in [0, 0.1) is 5.82 Å². The van der Waals surface area contributed by atoms with Crippen LogP contribution in [0.25, 0.3) is 0 Å². The Morgan fingerprint density at radius 1 is 1.14 bits per heavy atom. The van der Waals surface area contributed by atoms with E-state index < -0.39 is 0 Å². The first-order chi connectivity index (χ1) is 10.2. The van der Waals surface area contributed by atoms with Gasteiger partial charge in [-0.05, 0) is 48.5 Å². The highest BCUT2D eigenvalue weighted by Gasteiger charge is 2.17. The third kappa shape index (κ3) is 3.42. The van der Waals surface area contributed by atoms with Crippen LogP contribution < -0.4 is 5.32 Å². The molecule has 0 saturated heterocycles. The Hall–Kier alpha value is -1.45. The molecule has 4 heteroatoms. The normalized spacial score (nSPS) is 17.5. The molecule has 2 aromatic carbocycles. The third-order valence-corrected chi connectivity index (χ3v) is 5.08. The predicted molar refractivity (Wildman–Crippen MR) is 86.5 cm³/mol. The topological polar surface area (TPSA) is 12.0 Å². The van der Waals surface area contributed by atoms with Crippen molar-refractivity contribution >= 4 is 23.4 Å². The second-order valence-corrected chi connectivity index (χ2v) is 6.41. The first-order valence-corrected chi connectivity index (χ1v) is 8.05. The molecule has 0 saturated carbocycles. The molecule has 0 aromatic heterocycles. The minimum atomic E-state index is -0.194. The number of allylic oxidation sites excluding steroid dienone is 1. The van der Waals surface area contributed by atoms with Gasteiger partial charge in [-0.3, -0.25) is 0 Å². The fraction of sp³-hybridized carbons (Fsp3) is 0.176. The van der Waals surface area contributed by atoms with Crippen molar-refractivity contribution in [3.8, 4) is 0 Å². The highest BCUT2D eigenvalue weighted by molar-refractivity contribution is 7.99. The lowest BCUT2D eigenvalue weighted by atomic mass is 9.94. The summed E-state index contributed by atoms with van der Waals surface area (Å²) in [6.45, 7) is 0.911. The first-order valence-electron chi connectivity index (χ1n) is 6.86. The van der Waals surface area contributed by atoms with Crippen LogP contribution in [0.1, 0.15) is 17.9 Å². The smallest absolute Gasteiger partial charge is 0.123 e. The molecular weight excluding hydrogens is 305 g/mol. The number of rotatable bonds is 3. The SMILES string of the molecule is Fc1ccc(Sc2ccccc2Cl)c(C2C=CNCC2)c1. The number of hydrogen-bond donors (Lipinski definition) is 1. The first kappa shape index (κ1) is 14.5. The zero-order valence-corrected chi connectivity index (χ0v) is 12.9. The van der Waals surface area contributed by atoms with Crippen LogP contribution in [0.15, 0.2) is 64.5 Å². The molecule has 0 spiro atoms. The molecule has 1 nitrogen and oxygen atoms in total. The molecule has 3 rings (SSSR count). The van der Waals surface area contributed by atoms with E-state index in [0.29, 0.717) is 0 Å². The van der Waals surface area contributed by atoms with Crippen molar-refractivity contribution in [1.82, 2.24) is 5.32 Å². The monoisotopic (exact) mass is 319 g/mol. The largest absolute Gasteiger partial charge is 0.391 e. The second kappa shape index (κ2) is 6.54. The Morgan fingerprint density at radius 3 is 2.76 bits per heavy atom. The number of nitrogens with one attached hydrogen (secondary N) is 1. The van der Waals surface area contributed by atoms with Crippen molar-refractivity contribution < 1.29 is 4.39 Å². The van der Waals surface area contributed by atoms with E-state index in [1.54, 1.807) is 17.8 Å². The molecule has 1 unspecified atom stereocenters. The maximum Gasteiger partial charge on any atom is 0.123 e. The van der Waals surface area contributed by atoms with Crippen LogP contribution in [0.3, 0.4) is 0 Å². The fourth-order valence-corrected chi connectivity index (χ4v) is 3.67. The molecule has 21 heavy (non-hydrogen) atoms. The highest BCUT2D eigenvalue weighted by atomic mass is 35.5. The van der Waals surface area contributed by atoms with Crippen LogP contribution in [0.2, 0.25) is 5.02 Å². The van der Waals surface area contributed by atoms with Gasteiger partial charge in [-0.25, -0.2) is 4.39 Å². The predicted octanol–water partition coefficient (Wildman–Crippen LogP) is 5.22. The maximum absolute atomic E-state index is 13.6. The Morgan fingerprint density at radius 2 is 2.00 bits per heavy atom. The summed E-state index contributed by atoms with van der Waals surface area (Å²) in [7, 11) is 0. The molecule has 1 aliphatic rings. The van der Waals surface area contributed by atoms with Crippen molar-refractivity contribution in [3.05, 3.63) is 71.1 Å². The molecule has 0 fully saturated rings. The Labute approximate surface area is 133 Å². The van der Waals surface area contributed by atoms with Crippen LogP contribution in [-0.2, 0) is 0 Å². The van der Waals surface area contributed by atoms with Crippen LogP contribution in [-0.4, -0.2) is 6.54 Å². The summed E-state index contributed by atoms with van der Waals surface area (Å²) < 4.78 is 13.6. The van der Waals surface area contributed by atoms with Gasteiger partial charge in [-0.1, -0.05) is 41.6 Å². The van der Waals surface area contributed by atoms with Crippen molar-refractivity contribution in [2.45, 2.75) is 22.1 Å². The summed E-state index contributed by atoms with van der Waals surface area (Å²) in [5.41, 5.74) is 1.03. The summed E-state index contributed by atoms with van der Waals surface area (Å²) in [5, 5.41) is 3.90. The fourth-order valence-electron chi connectivity index (χ4n) is 2.41. The van der Waals surface area contributed by atoms with Crippen molar-refractivity contribution in [2.75, 3.05) is 6.54 Å². The van der Waals surface area contributed by atoms with E-state index in [9.17, 15) is 4.39 Å². The summed E-state index contributed by atoms with van der Waals surface area (Å²) >= 11 is 7.81. The minimum Gasteiger partial charge on any atom is -0.391 e. The Bertz CT molecular complexity index is 672. The van der Waals surface area contributed by atoms with E-state index in [1.165, 1.54) is 6.07 Å². The molecule has 0 amide bonds. The molecule has 0 bridgehead atoms. The van der Waals surface area contributed by atoms with Gasteiger partial charge in [-0.15, -0.1) is 0 Å².